The molecule has 0 atom stereocenters. The Morgan fingerprint density at radius 1 is 1.15 bits per heavy atom. The number of ether oxygens (including phenoxy) is 1. The molecule has 1 N–H and O–H groups in total. The second-order valence-electron chi connectivity index (χ2n) is 4.66. The lowest BCUT2D eigenvalue weighted by atomic mass is 10.1. The van der Waals surface area contributed by atoms with E-state index in [0.717, 1.165) is 5.56 Å². The summed E-state index contributed by atoms with van der Waals surface area (Å²) in [4.78, 5) is 10.8. The van der Waals surface area contributed by atoms with Gasteiger partial charge < -0.3 is 9.84 Å². The number of hydrogen-bond donors (Lipinski definition) is 1. The maximum absolute atomic E-state index is 10.8. The molecule has 2 aromatic rings. The lowest BCUT2D eigenvalue weighted by molar-refractivity contribution is 0.0697. The molecular weight excluding hydrogens is 276 g/mol. The van der Waals surface area contributed by atoms with Crippen LogP contribution in [0.5, 0.6) is 5.75 Å². The Balaban J connectivity index is 2.10. The van der Waals surface area contributed by atoms with Crippen LogP contribution < -0.4 is 4.74 Å². The van der Waals surface area contributed by atoms with E-state index >= 15 is 0 Å². The molecule has 0 saturated carbocycles. The van der Waals surface area contributed by atoms with Crippen LogP contribution in [-0.2, 0) is 6.61 Å². The van der Waals surface area contributed by atoms with Crippen molar-refractivity contribution in [1.29, 1.82) is 0 Å². The summed E-state index contributed by atoms with van der Waals surface area (Å²) in [6, 6.07) is 10.6. The molecule has 0 unspecified atom stereocenters. The van der Waals surface area contributed by atoms with Crippen molar-refractivity contribution >= 4 is 17.6 Å². The van der Waals surface area contributed by atoms with Crippen molar-refractivity contribution < 1.29 is 14.6 Å². The molecule has 0 aliphatic rings. The summed E-state index contributed by atoms with van der Waals surface area (Å²) >= 11 is 6.01. The zero-order valence-electron chi connectivity index (χ0n) is 11.3. The molecule has 20 heavy (non-hydrogen) atoms. The molecule has 4 heteroatoms. The number of carbonyl (C=O) groups is 1. The molecule has 0 radical (unpaired) electrons. The van der Waals surface area contributed by atoms with Gasteiger partial charge in [0.25, 0.3) is 0 Å². The van der Waals surface area contributed by atoms with E-state index in [1.807, 2.05) is 19.1 Å². The number of halogens is 1. The number of carboxylic acids is 1. The van der Waals surface area contributed by atoms with Crippen LogP contribution in [0.2, 0.25) is 5.02 Å². The lowest BCUT2D eigenvalue weighted by Crippen LogP contribution is -1.99. The first-order valence-corrected chi connectivity index (χ1v) is 6.57. The molecule has 0 spiro atoms. The van der Waals surface area contributed by atoms with Gasteiger partial charge in [0.1, 0.15) is 12.4 Å². The summed E-state index contributed by atoms with van der Waals surface area (Å²) in [6.07, 6.45) is 0. The molecule has 0 aromatic heterocycles. The predicted octanol–water partition coefficient (Wildman–Crippen LogP) is 4.23. The summed E-state index contributed by atoms with van der Waals surface area (Å²) in [5, 5.41) is 9.16. The van der Waals surface area contributed by atoms with Gasteiger partial charge in [-0.3, -0.25) is 0 Å². The van der Waals surface area contributed by atoms with Crippen LogP contribution in [0.3, 0.4) is 0 Å². The summed E-state index contributed by atoms with van der Waals surface area (Å²) < 4.78 is 5.63. The van der Waals surface area contributed by atoms with E-state index in [4.69, 9.17) is 21.4 Å². The number of hydrogen-bond acceptors (Lipinski definition) is 2. The van der Waals surface area contributed by atoms with Gasteiger partial charge >= 0.3 is 5.97 Å². The number of benzene rings is 2. The summed E-state index contributed by atoms with van der Waals surface area (Å²) in [7, 11) is 0. The van der Waals surface area contributed by atoms with Crippen molar-refractivity contribution in [2.75, 3.05) is 0 Å². The highest BCUT2D eigenvalue weighted by molar-refractivity contribution is 6.32. The topological polar surface area (TPSA) is 46.5 Å². The maximum atomic E-state index is 10.8. The normalized spacial score (nSPS) is 10.3. The quantitative estimate of drug-likeness (QED) is 0.916. The highest BCUT2D eigenvalue weighted by atomic mass is 35.5. The summed E-state index contributed by atoms with van der Waals surface area (Å²) in [6.45, 7) is 4.50. The fourth-order valence-electron chi connectivity index (χ4n) is 1.81. The first-order valence-electron chi connectivity index (χ1n) is 6.19. The highest BCUT2D eigenvalue weighted by Gasteiger charge is 2.08. The molecule has 0 saturated heterocycles. The Kier molecular flexibility index (Phi) is 4.30. The Morgan fingerprint density at radius 3 is 2.50 bits per heavy atom. The number of carboxylic acid groups (broad SMARTS) is 1. The molecule has 2 rings (SSSR count). The summed E-state index contributed by atoms with van der Waals surface area (Å²) in [5.74, 6) is -0.525. The van der Waals surface area contributed by atoms with Crippen molar-refractivity contribution in [2.45, 2.75) is 20.5 Å². The van der Waals surface area contributed by atoms with E-state index in [2.05, 4.69) is 13.0 Å². The molecule has 0 heterocycles. The molecule has 0 aliphatic heterocycles. The van der Waals surface area contributed by atoms with E-state index in [9.17, 15) is 4.79 Å². The van der Waals surface area contributed by atoms with Gasteiger partial charge in [0.2, 0.25) is 0 Å². The zero-order valence-corrected chi connectivity index (χ0v) is 12.1. The fraction of sp³-hybridized carbons (Fsp3) is 0.188. The first-order chi connectivity index (χ1) is 9.47. The minimum Gasteiger partial charge on any atom is -0.487 e. The first kappa shape index (κ1) is 14.4. The molecule has 104 valence electrons. The van der Waals surface area contributed by atoms with Crippen molar-refractivity contribution in [1.82, 2.24) is 0 Å². The van der Waals surface area contributed by atoms with Crippen LogP contribution in [0, 0.1) is 13.8 Å². The second kappa shape index (κ2) is 5.97. The van der Waals surface area contributed by atoms with E-state index in [-0.39, 0.29) is 5.56 Å². The van der Waals surface area contributed by atoms with Gasteiger partial charge in [-0.05, 0) is 48.7 Å². The van der Waals surface area contributed by atoms with Gasteiger partial charge in [-0.2, -0.15) is 0 Å². The Morgan fingerprint density at radius 2 is 1.90 bits per heavy atom. The largest absolute Gasteiger partial charge is 0.487 e. The molecule has 0 aliphatic carbocycles. The third-order valence-corrected chi connectivity index (χ3v) is 3.44. The van der Waals surface area contributed by atoms with Crippen LogP contribution in [0.25, 0.3) is 0 Å². The Bertz CT molecular complexity index is 650. The number of aromatic carboxylic acids is 1. The zero-order chi connectivity index (χ0) is 14.7. The minimum absolute atomic E-state index is 0.147. The SMILES string of the molecule is Cc1ccc(COc2ccc(C(=O)O)cc2Cl)cc1C. The van der Waals surface area contributed by atoms with Gasteiger partial charge in [-0.1, -0.05) is 29.8 Å². The molecule has 3 nitrogen and oxygen atoms in total. The number of rotatable bonds is 4. The van der Waals surface area contributed by atoms with Crippen LogP contribution in [0.4, 0.5) is 0 Å². The van der Waals surface area contributed by atoms with Crippen molar-refractivity contribution in [3.63, 3.8) is 0 Å². The predicted molar refractivity (Wildman–Crippen MR) is 78.7 cm³/mol. The van der Waals surface area contributed by atoms with Crippen molar-refractivity contribution in [2.24, 2.45) is 0 Å². The van der Waals surface area contributed by atoms with Gasteiger partial charge in [0, 0.05) is 0 Å². The number of aryl methyl sites for hydroxylation is 2. The van der Waals surface area contributed by atoms with E-state index < -0.39 is 5.97 Å². The minimum atomic E-state index is -1.01. The van der Waals surface area contributed by atoms with Gasteiger partial charge in [-0.25, -0.2) is 4.79 Å². The smallest absolute Gasteiger partial charge is 0.335 e. The fourth-order valence-corrected chi connectivity index (χ4v) is 2.04. The van der Waals surface area contributed by atoms with Crippen molar-refractivity contribution in [3.05, 3.63) is 63.7 Å². The van der Waals surface area contributed by atoms with Gasteiger partial charge in [0.05, 0.1) is 10.6 Å². The Labute approximate surface area is 122 Å². The second-order valence-corrected chi connectivity index (χ2v) is 5.06. The lowest BCUT2D eigenvalue weighted by Gasteiger charge is -2.10. The monoisotopic (exact) mass is 290 g/mol. The van der Waals surface area contributed by atoms with Crippen LogP contribution >= 0.6 is 11.6 Å². The third kappa shape index (κ3) is 3.31. The van der Waals surface area contributed by atoms with Crippen molar-refractivity contribution in [3.8, 4) is 5.75 Å². The maximum Gasteiger partial charge on any atom is 0.335 e. The van der Waals surface area contributed by atoms with Crippen LogP contribution in [0.15, 0.2) is 36.4 Å². The van der Waals surface area contributed by atoms with Crippen LogP contribution in [0.1, 0.15) is 27.0 Å². The standard InChI is InChI=1S/C16H15ClO3/c1-10-3-4-12(7-11(10)2)9-20-15-6-5-13(16(18)19)8-14(15)17/h3-8H,9H2,1-2H3,(H,18,19). The molecule has 0 amide bonds. The van der Waals surface area contributed by atoms with Gasteiger partial charge in [-0.15, -0.1) is 0 Å². The molecule has 0 bridgehead atoms. The van der Waals surface area contributed by atoms with Crippen LogP contribution in [-0.4, -0.2) is 11.1 Å². The molecule has 0 fully saturated rings. The Hall–Kier alpha value is -2.00. The highest BCUT2D eigenvalue weighted by Crippen LogP contribution is 2.26. The average Bonchev–Trinajstić information content (AvgIpc) is 2.41. The third-order valence-electron chi connectivity index (χ3n) is 3.14. The van der Waals surface area contributed by atoms with E-state index in [1.165, 1.54) is 23.3 Å². The van der Waals surface area contributed by atoms with Gasteiger partial charge in [0.15, 0.2) is 0 Å². The molecular formula is C16H15ClO3. The molecule has 2 aromatic carbocycles. The summed E-state index contributed by atoms with van der Waals surface area (Å²) in [5.41, 5.74) is 3.64. The van der Waals surface area contributed by atoms with E-state index in [0.29, 0.717) is 17.4 Å². The average molecular weight is 291 g/mol. The van der Waals surface area contributed by atoms with E-state index in [1.54, 1.807) is 6.07 Å².